The quantitative estimate of drug-likeness (QED) is 0.175. The zero-order valence-corrected chi connectivity index (χ0v) is 21.1. The van der Waals surface area contributed by atoms with Crippen LogP contribution in [0.15, 0.2) is 32.7 Å². The molecule has 2 aromatic heterocycles. The number of carboxylic acids is 1. The van der Waals surface area contributed by atoms with Crippen molar-refractivity contribution in [2.45, 2.75) is 48.2 Å². The number of ether oxygens (including phenoxy) is 1. The van der Waals surface area contributed by atoms with Crippen LogP contribution in [0, 0.1) is 0 Å². The van der Waals surface area contributed by atoms with Crippen LogP contribution < -0.4 is 11.1 Å². The van der Waals surface area contributed by atoms with Gasteiger partial charge < -0.3 is 25.7 Å². The highest BCUT2D eigenvalue weighted by Gasteiger charge is 2.55. The highest BCUT2D eigenvalue weighted by molar-refractivity contribution is 8.01. The normalized spacial score (nSPS) is 22.2. The Bertz CT molecular complexity index is 1220. The lowest BCUT2D eigenvalue weighted by molar-refractivity contribution is -0.160. The third kappa shape index (κ3) is 4.87. The monoisotopic (exact) mass is 551 g/mol. The van der Waals surface area contributed by atoms with Gasteiger partial charge in [-0.15, -0.1) is 11.3 Å². The highest BCUT2D eigenvalue weighted by Crippen LogP contribution is 2.35. The summed E-state index contributed by atoms with van der Waals surface area (Å²) in [5, 5.41) is 18.3. The fourth-order valence-corrected chi connectivity index (χ4v) is 6.10. The molecule has 2 aliphatic heterocycles. The Morgan fingerprint density at radius 3 is 2.86 bits per heavy atom. The van der Waals surface area contributed by atoms with Crippen molar-refractivity contribution in [3.8, 4) is 0 Å². The van der Waals surface area contributed by atoms with Crippen molar-refractivity contribution in [2.75, 3.05) is 18.1 Å². The van der Waals surface area contributed by atoms with Crippen molar-refractivity contribution < 1.29 is 29.1 Å². The minimum Gasteiger partial charge on any atom is -0.492 e. The number of nitrogens with zero attached hydrogens (tertiary/aromatic N) is 5. The molecule has 0 aromatic carbocycles. The van der Waals surface area contributed by atoms with Gasteiger partial charge in [0.1, 0.15) is 42.6 Å². The van der Waals surface area contributed by atoms with Crippen molar-refractivity contribution in [3.63, 3.8) is 0 Å². The minimum atomic E-state index is -1.30. The first-order valence-corrected chi connectivity index (χ1v) is 13.6. The number of thioether (sulfide) groups is 1. The molecule has 5 rings (SSSR count). The molecule has 190 valence electrons. The number of amides is 2. The number of β-lactam (4-membered cyclic amide) rings is 1. The molecule has 2 fully saturated rings. The number of thiazole rings is 1. The first-order chi connectivity index (χ1) is 17.4. The second-order valence-corrected chi connectivity index (χ2v) is 11.0. The Hall–Kier alpha value is -3.24. The van der Waals surface area contributed by atoms with Crippen LogP contribution in [0.5, 0.6) is 0 Å². The number of nitrogens with two attached hydrogens (primary N) is 1. The topological polar surface area (TPSA) is 182 Å². The first kappa shape index (κ1) is 24.5. The molecule has 1 aliphatic carbocycles. The summed E-state index contributed by atoms with van der Waals surface area (Å²) >= 11 is 3.58. The SMILES string of the molecule is Nc1nc(/C(=N/OC2CCCC2)C(=O)NC2C(=O)N3C(C(=O)O)=C(CSc4ncns4)OCC23)cs1. The number of hydrogen-bond donors (Lipinski definition) is 3. The largest absolute Gasteiger partial charge is 0.492 e. The molecule has 16 heteroatoms. The zero-order chi connectivity index (χ0) is 25.2. The number of nitrogens with one attached hydrogen (secondary N) is 1. The van der Waals surface area contributed by atoms with E-state index in [1.54, 1.807) is 5.38 Å². The van der Waals surface area contributed by atoms with Gasteiger partial charge in [0.2, 0.25) is 0 Å². The lowest BCUT2D eigenvalue weighted by Gasteiger charge is -2.49. The zero-order valence-electron chi connectivity index (χ0n) is 18.7. The summed E-state index contributed by atoms with van der Waals surface area (Å²) in [7, 11) is 0. The molecule has 2 amide bonds. The lowest BCUT2D eigenvalue weighted by Crippen LogP contribution is -2.73. The minimum absolute atomic E-state index is 0.0220. The van der Waals surface area contributed by atoms with Crippen LogP contribution in [0.4, 0.5) is 5.13 Å². The summed E-state index contributed by atoms with van der Waals surface area (Å²) in [4.78, 5) is 53.0. The Morgan fingerprint density at radius 2 is 2.19 bits per heavy atom. The summed E-state index contributed by atoms with van der Waals surface area (Å²) in [6.07, 6.45) is 5.06. The summed E-state index contributed by atoms with van der Waals surface area (Å²) in [6.45, 7) is 0.0220. The number of aliphatic carboxylic acids is 1. The number of anilines is 1. The van der Waals surface area contributed by atoms with Crippen LogP contribution in [0.2, 0.25) is 0 Å². The number of carboxylic acid groups (broad SMARTS) is 1. The number of hydrogen-bond acceptors (Lipinski definition) is 13. The molecule has 2 aromatic rings. The number of fused-ring (bicyclic) bond motifs is 1. The molecule has 0 radical (unpaired) electrons. The van der Waals surface area contributed by atoms with Gasteiger partial charge in [-0.2, -0.15) is 4.37 Å². The van der Waals surface area contributed by atoms with Crippen molar-refractivity contribution in [1.82, 2.24) is 24.6 Å². The van der Waals surface area contributed by atoms with Gasteiger partial charge in [-0.25, -0.2) is 14.8 Å². The van der Waals surface area contributed by atoms with Crippen LogP contribution in [0.25, 0.3) is 0 Å². The van der Waals surface area contributed by atoms with E-state index >= 15 is 0 Å². The highest BCUT2D eigenvalue weighted by atomic mass is 32.2. The molecule has 1 saturated carbocycles. The second kappa shape index (κ2) is 10.4. The fraction of sp³-hybridized carbons (Fsp3) is 0.450. The van der Waals surface area contributed by atoms with Crippen molar-refractivity contribution in [2.24, 2.45) is 5.16 Å². The maximum absolute atomic E-state index is 13.1. The maximum atomic E-state index is 13.1. The van der Waals surface area contributed by atoms with Crippen LogP contribution in [0.1, 0.15) is 31.4 Å². The molecule has 4 heterocycles. The fourth-order valence-electron chi connectivity index (χ4n) is 4.16. The summed E-state index contributed by atoms with van der Waals surface area (Å²) < 4.78 is 10.3. The van der Waals surface area contributed by atoms with Gasteiger partial charge in [-0.3, -0.25) is 14.5 Å². The Kier molecular flexibility index (Phi) is 7.06. The van der Waals surface area contributed by atoms with E-state index in [9.17, 15) is 19.5 Å². The first-order valence-electron chi connectivity index (χ1n) is 11.0. The van der Waals surface area contributed by atoms with Crippen molar-refractivity contribution in [1.29, 1.82) is 0 Å². The predicted octanol–water partition coefficient (Wildman–Crippen LogP) is 1.05. The van der Waals surface area contributed by atoms with E-state index in [0.29, 0.717) is 4.34 Å². The summed E-state index contributed by atoms with van der Waals surface area (Å²) in [6, 6.07) is -1.67. The van der Waals surface area contributed by atoms with Gasteiger partial charge in [0.05, 0.1) is 5.75 Å². The predicted molar refractivity (Wildman–Crippen MR) is 130 cm³/mol. The Balaban J connectivity index is 1.30. The number of aromatic nitrogens is 3. The average molecular weight is 552 g/mol. The van der Waals surface area contributed by atoms with Gasteiger partial charge in [-0.05, 0) is 37.2 Å². The number of rotatable bonds is 9. The van der Waals surface area contributed by atoms with E-state index < -0.39 is 29.9 Å². The van der Waals surface area contributed by atoms with Gasteiger partial charge in [0, 0.05) is 5.38 Å². The van der Waals surface area contributed by atoms with E-state index in [0.717, 1.165) is 41.9 Å². The molecular formula is C20H21N7O6S3. The van der Waals surface area contributed by atoms with E-state index in [2.05, 4.69) is 24.8 Å². The van der Waals surface area contributed by atoms with E-state index in [-0.39, 0.29) is 46.5 Å². The van der Waals surface area contributed by atoms with E-state index in [1.807, 2.05) is 0 Å². The van der Waals surface area contributed by atoms with Gasteiger partial charge >= 0.3 is 5.97 Å². The smallest absolute Gasteiger partial charge is 0.356 e. The molecule has 13 nitrogen and oxygen atoms in total. The van der Waals surface area contributed by atoms with Crippen molar-refractivity contribution >= 4 is 63.3 Å². The van der Waals surface area contributed by atoms with Crippen LogP contribution in [-0.4, -0.2) is 78.4 Å². The van der Waals surface area contributed by atoms with E-state index in [1.165, 1.54) is 29.6 Å². The summed E-state index contributed by atoms with van der Waals surface area (Å²) in [5.41, 5.74) is 5.62. The van der Waals surface area contributed by atoms with Gasteiger partial charge in [0.25, 0.3) is 11.8 Å². The Labute approximate surface area is 216 Å². The molecule has 2 atom stereocenters. The van der Waals surface area contributed by atoms with Gasteiger partial charge in [-0.1, -0.05) is 16.9 Å². The van der Waals surface area contributed by atoms with Crippen LogP contribution >= 0.6 is 34.6 Å². The molecule has 0 bridgehead atoms. The number of carbonyl (C=O) groups excluding carboxylic acids is 2. The molecule has 4 N–H and O–H groups in total. The molecule has 2 unspecified atom stereocenters. The third-order valence-corrected chi connectivity index (χ3v) is 8.36. The number of oxime groups is 1. The molecule has 36 heavy (non-hydrogen) atoms. The Morgan fingerprint density at radius 1 is 1.39 bits per heavy atom. The lowest BCUT2D eigenvalue weighted by atomic mass is 9.92. The molecule has 3 aliphatic rings. The van der Waals surface area contributed by atoms with Crippen LogP contribution in [-0.2, 0) is 24.0 Å². The maximum Gasteiger partial charge on any atom is 0.356 e. The second-order valence-electron chi connectivity index (χ2n) is 8.13. The van der Waals surface area contributed by atoms with Gasteiger partial charge in [0.15, 0.2) is 20.9 Å². The van der Waals surface area contributed by atoms with E-state index in [4.69, 9.17) is 15.3 Å². The number of carbonyl (C=O) groups is 3. The average Bonchev–Trinajstić information content (AvgIpc) is 3.64. The third-order valence-electron chi connectivity index (χ3n) is 5.89. The standard InChI is InChI=1S/C20H21N7O6S3/c21-19-24-10(6-34-19)13(26-33-9-3-1-2-4-9)16(28)25-14-11-5-32-12(7-35-20-22-8-23-36-20)15(18(30)31)27(11)17(14)29/h6,8-9,11,14H,1-5,7H2,(H2,21,24)(H,25,28)(H,30,31)/b26-13-. The molecule has 0 spiro atoms. The summed E-state index contributed by atoms with van der Waals surface area (Å²) in [5.74, 6) is -2.19. The number of nitrogen functional groups attached to an aromatic ring is 1. The molecular weight excluding hydrogens is 530 g/mol. The van der Waals surface area contributed by atoms with Crippen molar-refractivity contribution in [3.05, 3.63) is 28.9 Å². The van der Waals surface area contributed by atoms with Crippen LogP contribution in [0.3, 0.4) is 0 Å². The molecule has 1 saturated heterocycles.